The summed E-state index contributed by atoms with van der Waals surface area (Å²) in [6, 6.07) is 2.06. The number of ether oxygens (including phenoxy) is 1. The number of carbonyl (C=O) groups excluding carboxylic acids is 2. The van der Waals surface area contributed by atoms with Gasteiger partial charge in [-0.05, 0) is 31.5 Å². The van der Waals surface area contributed by atoms with Crippen LogP contribution in [0.3, 0.4) is 0 Å². The normalized spacial score (nSPS) is 15.1. The maximum absolute atomic E-state index is 13.3. The predicted molar refractivity (Wildman–Crippen MR) is 114 cm³/mol. The number of benzene rings is 1. The molecule has 2 aromatic rings. The number of nitrogens with zero attached hydrogens (tertiary/aromatic N) is 3. The van der Waals surface area contributed by atoms with Crippen LogP contribution in [0.5, 0.6) is 0 Å². The van der Waals surface area contributed by atoms with Gasteiger partial charge in [0, 0.05) is 37.8 Å². The van der Waals surface area contributed by atoms with Crippen molar-refractivity contribution in [2.24, 2.45) is 0 Å². The summed E-state index contributed by atoms with van der Waals surface area (Å²) >= 11 is 0. The van der Waals surface area contributed by atoms with E-state index in [9.17, 15) is 35.9 Å². The van der Waals surface area contributed by atoms with Gasteiger partial charge in [0.1, 0.15) is 12.3 Å². The fraction of sp³-hybridized carbons (Fsp3) is 0.500. The first-order chi connectivity index (χ1) is 16.8. The van der Waals surface area contributed by atoms with Crippen LogP contribution in [-0.4, -0.2) is 72.7 Å². The van der Waals surface area contributed by atoms with Crippen LogP contribution in [0.4, 0.5) is 32.2 Å². The summed E-state index contributed by atoms with van der Waals surface area (Å²) in [5.74, 6) is -1.44. The molecule has 1 N–H and O–H groups in total. The molecule has 0 bridgehead atoms. The number of hydrogen-bond donors (Lipinski definition) is 1. The van der Waals surface area contributed by atoms with Crippen LogP contribution < -0.4 is 5.32 Å². The minimum Gasteiger partial charge on any atom is -0.379 e. The second kappa shape index (κ2) is 11.3. The first kappa shape index (κ1) is 27.5. The molecule has 1 fully saturated rings. The van der Waals surface area contributed by atoms with E-state index in [0.29, 0.717) is 57.2 Å². The smallest absolute Gasteiger partial charge is 0.379 e. The van der Waals surface area contributed by atoms with Crippen LogP contribution in [0.1, 0.15) is 33.7 Å². The van der Waals surface area contributed by atoms with Crippen molar-refractivity contribution in [2.75, 3.05) is 51.3 Å². The van der Waals surface area contributed by atoms with Gasteiger partial charge in [0.25, 0.3) is 5.91 Å². The molecule has 36 heavy (non-hydrogen) atoms. The van der Waals surface area contributed by atoms with Crippen LogP contribution in [0.15, 0.2) is 28.8 Å². The number of morpholine rings is 1. The fourth-order valence-corrected chi connectivity index (χ4v) is 3.60. The Bertz CT molecular complexity index is 1030. The van der Waals surface area contributed by atoms with Crippen molar-refractivity contribution in [2.45, 2.75) is 25.7 Å². The summed E-state index contributed by atoms with van der Waals surface area (Å²) in [6.45, 7) is 3.69. The summed E-state index contributed by atoms with van der Waals surface area (Å²) in [6.07, 6.45) is -9.90. The summed E-state index contributed by atoms with van der Waals surface area (Å²) in [7, 11) is 0. The zero-order chi connectivity index (χ0) is 26.5. The second-order valence-electron chi connectivity index (χ2n) is 8.20. The van der Waals surface area contributed by atoms with Crippen molar-refractivity contribution >= 4 is 17.6 Å². The standard InChI is InChI=1S/C22H24F6N4O4/c1-14-9-18(30-36-14)29-19(33)13-32(4-2-3-31-5-7-35-8-6-31)20(34)15-10-16(21(23,24)25)12-17(11-15)22(26,27)28/h9-12H,2-8,13H2,1H3,(H,29,30,33). The van der Waals surface area contributed by atoms with Gasteiger partial charge >= 0.3 is 12.4 Å². The maximum Gasteiger partial charge on any atom is 0.416 e. The maximum atomic E-state index is 13.3. The third kappa shape index (κ3) is 7.68. The Balaban J connectivity index is 1.83. The van der Waals surface area contributed by atoms with Crippen molar-refractivity contribution in [3.05, 3.63) is 46.7 Å². The molecular weight excluding hydrogens is 498 g/mol. The number of nitrogens with one attached hydrogen (secondary N) is 1. The molecule has 2 heterocycles. The van der Waals surface area contributed by atoms with Crippen LogP contribution in [-0.2, 0) is 21.9 Å². The number of aromatic nitrogens is 1. The first-order valence-electron chi connectivity index (χ1n) is 10.9. The first-order valence-corrected chi connectivity index (χ1v) is 10.9. The average molecular weight is 522 g/mol. The highest BCUT2D eigenvalue weighted by molar-refractivity contribution is 5.99. The molecule has 1 aromatic heterocycles. The Hall–Kier alpha value is -3.13. The lowest BCUT2D eigenvalue weighted by molar-refractivity contribution is -0.143. The molecule has 0 aliphatic carbocycles. The molecule has 198 valence electrons. The highest BCUT2D eigenvalue weighted by atomic mass is 19.4. The summed E-state index contributed by atoms with van der Waals surface area (Å²) in [5, 5.41) is 5.97. The number of halogens is 6. The van der Waals surface area contributed by atoms with Gasteiger partial charge in [0.15, 0.2) is 5.82 Å². The molecule has 0 radical (unpaired) electrons. The molecule has 3 rings (SSSR count). The molecule has 0 unspecified atom stereocenters. The van der Waals surface area contributed by atoms with Crippen LogP contribution in [0.25, 0.3) is 0 Å². The SMILES string of the molecule is Cc1cc(NC(=O)CN(CCCN2CCOCC2)C(=O)c2cc(C(F)(F)F)cc(C(F)(F)F)c2)no1. The third-order valence-electron chi connectivity index (χ3n) is 5.36. The third-order valence-corrected chi connectivity index (χ3v) is 5.36. The average Bonchev–Trinajstić information content (AvgIpc) is 3.21. The van der Waals surface area contributed by atoms with E-state index in [4.69, 9.17) is 9.26 Å². The number of carbonyl (C=O) groups is 2. The lowest BCUT2D eigenvalue weighted by atomic mass is 10.0. The van der Waals surface area contributed by atoms with Crippen molar-refractivity contribution in [3.8, 4) is 0 Å². The zero-order valence-electron chi connectivity index (χ0n) is 19.2. The van der Waals surface area contributed by atoms with E-state index in [-0.39, 0.29) is 18.4 Å². The number of aryl methyl sites for hydroxylation is 1. The molecule has 8 nitrogen and oxygen atoms in total. The number of amides is 2. The van der Waals surface area contributed by atoms with E-state index in [1.807, 2.05) is 4.90 Å². The van der Waals surface area contributed by atoms with Gasteiger partial charge < -0.3 is 19.5 Å². The predicted octanol–water partition coefficient (Wildman–Crippen LogP) is 3.82. The van der Waals surface area contributed by atoms with E-state index in [2.05, 4.69) is 10.5 Å². The van der Waals surface area contributed by atoms with Gasteiger partial charge in [0.2, 0.25) is 5.91 Å². The van der Waals surface area contributed by atoms with Gasteiger partial charge in [-0.25, -0.2) is 0 Å². The van der Waals surface area contributed by atoms with Crippen molar-refractivity contribution in [1.29, 1.82) is 0 Å². The lowest BCUT2D eigenvalue weighted by Crippen LogP contribution is -2.41. The molecular formula is C22H24F6N4O4. The summed E-state index contributed by atoms with van der Waals surface area (Å²) in [4.78, 5) is 28.6. The van der Waals surface area contributed by atoms with Crippen molar-refractivity contribution in [3.63, 3.8) is 0 Å². The Morgan fingerprint density at radius 2 is 1.64 bits per heavy atom. The van der Waals surface area contributed by atoms with Crippen LogP contribution in [0, 0.1) is 6.92 Å². The van der Waals surface area contributed by atoms with E-state index in [0.717, 1.165) is 4.90 Å². The Labute approximate surface area is 202 Å². The molecule has 1 saturated heterocycles. The molecule has 14 heteroatoms. The number of alkyl halides is 6. The number of rotatable bonds is 8. The Kier molecular flexibility index (Phi) is 8.61. The largest absolute Gasteiger partial charge is 0.416 e. The summed E-state index contributed by atoms with van der Waals surface area (Å²) in [5.41, 5.74) is -4.05. The summed E-state index contributed by atoms with van der Waals surface area (Å²) < 4.78 is 89.7. The van der Waals surface area contributed by atoms with Gasteiger partial charge in [-0.2, -0.15) is 26.3 Å². The lowest BCUT2D eigenvalue weighted by Gasteiger charge is -2.28. The zero-order valence-corrected chi connectivity index (χ0v) is 19.2. The number of anilines is 1. The van der Waals surface area contributed by atoms with Gasteiger partial charge in [-0.15, -0.1) is 0 Å². The minimum absolute atomic E-state index is 0.0524. The van der Waals surface area contributed by atoms with Gasteiger partial charge in [0.05, 0.1) is 24.3 Å². The van der Waals surface area contributed by atoms with E-state index < -0.39 is 47.4 Å². The van der Waals surface area contributed by atoms with Crippen molar-refractivity contribution in [1.82, 2.24) is 15.0 Å². The van der Waals surface area contributed by atoms with Gasteiger partial charge in [-0.3, -0.25) is 14.5 Å². The molecule has 2 amide bonds. The molecule has 1 aliphatic rings. The quantitative estimate of drug-likeness (QED) is 0.531. The van der Waals surface area contributed by atoms with Crippen molar-refractivity contribution < 1.29 is 45.2 Å². The van der Waals surface area contributed by atoms with Gasteiger partial charge in [-0.1, -0.05) is 5.16 Å². The fourth-order valence-electron chi connectivity index (χ4n) is 3.60. The molecule has 1 aromatic carbocycles. The Morgan fingerprint density at radius 1 is 1.03 bits per heavy atom. The monoisotopic (exact) mass is 522 g/mol. The van der Waals surface area contributed by atoms with Crippen LogP contribution >= 0.6 is 0 Å². The second-order valence-corrected chi connectivity index (χ2v) is 8.20. The van der Waals surface area contributed by atoms with Crippen LogP contribution in [0.2, 0.25) is 0 Å². The minimum atomic E-state index is -5.11. The molecule has 1 aliphatic heterocycles. The highest BCUT2D eigenvalue weighted by Gasteiger charge is 2.38. The van der Waals surface area contributed by atoms with E-state index >= 15 is 0 Å². The molecule has 0 saturated carbocycles. The van der Waals surface area contributed by atoms with E-state index in [1.54, 1.807) is 6.92 Å². The topological polar surface area (TPSA) is 87.9 Å². The highest BCUT2D eigenvalue weighted by Crippen LogP contribution is 2.36. The van der Waals surface area contributed by atoms with E-state index in [1.165, 1.54) is 6.07 Å². The number of hydrogen-bond acceptors (Lipinski definition) is 6. The molecule has 0 spiro atoms. The molecule has 0 atom stereocenters. The Morgan fingerprint density at radius 3 is 2.17 bits per heavy atom.